The molecule has 27 heavy (non-hydrogen) atoms. The van der Waals surface area contributed by atoms with E-state index in [1.165, 1.54) is 37.9 Å². The molecule has 0 radical (unpaired) electrons. The average molecular weight is 365 g/mol. The Balaban J connectivity index is 1.28. The predicted octanol–water partition coefficient (Wildman–Crippen LogP) is 3.20. The van der Waals surface area contributed by atoms with Crippen LogP contribution in [0.25, 0.3) is 11.0 Å². The number of rotatable bonds is 6. The van der Waals surface area contributed by atoms with E-state index < -0.39 is 0 Å². The van der Waals surface area contributed by atoms with Crippen LogP contribution in [0.4, 0.5) is 11.4 Å². The molecule has 0 amide bonds. The summed E-state index contributed by atoms with van der Waals surface area (Å²) >= 11 is 0. The molecule has 3 aromatic rings. The van der Waals surface area contributed by atoms with Gasteiger partial charge in [-0.25, -0.2) is 4.63 Å². The zero-order chi connectivity index (χ0) is 18.6. The molecule has 2 aromatic carbocycles. The van der Waals surface area contributed by atoms with Crippen molar-refractivity contribution in [2.45, 2.75) is 19.3 Å². The topological polar surface area (TPSA) is 71.4 Å². The van der Waals surface area contributed by atoms with Crippen LogP contribution < -0.4 is 10.6 Å². The van der Waals surface area contributed by atoms with Crippen molar-refractivity contribution in [1.29, 1.82) is 0 Å². The molecule has 2 heterocycles. The van der Waals surface area contributed by atoms with Crippen LogP contribution in [-0.2, 0) is 6.42 Å². The van der Waals surface area contributed by atoms with Gasteiger partial charge in [-0.2, -0.15) is 0 Å². The number of hydrogen-bond donors (Lipinski definition) is 1. The minimum absolute atomic E-state index is 0.601. The molecule has 1 aliphatic heterocycles. The monoisotopic (exact) mass is 365 g/mol. The quantitative estimate of drug-likeness (QED) is 0.677. The number of likely N-dealkylation sites (N-methyl/N-ethyl adjacent to an activating group) is 1. The lowest BCUT2D eigenvalue weighted by Crippen LogP contribution is -2.39. The van der Waals surface area contributed by atoms with Crippen molar-refractivity contribution < 1.29 is 4.63 Å². The second-order valence-electron chi connectivity index (χ2n) is 7.53. The molecule has 1 aromatic heterocycles. The number of nitrogens with zero attached hydrogens (tertiary/aromatic N) is 4. The molecule has 0 unspecified atom stereocenters. The highest BCUT2D eigenvalue weighted by atomic mass is 16.6. The standard InChI is InChI=1S/C21H27N5O/c1-25(19-8-7-18(22)20-21(19)24-27-23-20)13-14-26-11-9-17(10-12-26)15-16-5-3-2-4-6-16/h2-8,17H,9-15,22H2,1H3. The van der Waals surface area contributed by atoms with Gasteiger partial charge >= 0.3 is 0 Å². The number of nitrogen functional groups attached to an aromatic ring is 1. The Morgan fingerprint density at radius 3 is 2.59 bits per heavy atom. The molecule has 1 fully saturated rings. The van der Waals surface area contributed by atoms with Crippen molar-refractivity contribution in [3.8, 4) is 0 Å². The van der Waals surface area contributed by atoms with Crippen molar-refractivity contribution in [2.75, 3.05) is 43.9 Å². The predicted molar refractivity (Wildman–Crippen MR) is 109 cm³/mol. The summed E-state index contributed by atoms with van der Waals surface area (Å²) in [6.45, 7) is 4.34. The highest BCUT2D eigenvalue weighted by Crippen LogP contribution is 2.28. The van der Waals surface area contributed by atoms with Crippen molar-refractivity contribution in [3.05, 3.63) is 48.0 Å². The van der Waals surface area contributed by atoms with E-state index in [-0.39, 0.29) is 0 Å². The van der Waals surface area contributed by atoms with Crippen LogP contribution in [0.3, 0.4) is 0 Å². The van der Waals surface area contributed by atoms with Crippen LogP contribution in [0.1, 0.15) is 18.4 Å². The van der Waals surface area contributed by atoms with Gasteiger partial charge in [0.05, 0.1) is 11.4 Å². The zero-order valence-electron chi connectivity index (χ0n) is 15.8. The Morgan fingerprint density at radius 2 is 1.81 bits per heavy atom. The number of nitrogens with two attached hydrogens (primary N) is 1. The van der Waals surface area contributed by atoms with Crippen molar-refractivity contribution >= 4 is 22.4 Å². The van der Waals surface area contributed by atoms with E-state index in [4.69, 9.17) is 10.4 Å². The van der Waals surface area contributed by atoms with E-state index >= 15 is 0 Å². The van der Waals surface area contributed by atoms with Crippen LogP contribution in [0.2, 0.25) is 0 Å². The Labute approximate surface area is 159 Å². The van der Waals surface area contributed by atoms with E-state index in [2.05, 4.69) is 57.5 Å². The van der Waals surface area contributed by atoms with Gasteiger partial charge < -0.3 is 15.5 Å². The van der Waals surface area contributed by atoms with Gasteiger partial charge in [0.2, 0.25) is 0 Å². The third-order valence-corrected chi connectivity index (χ3v) is 5.66. The first-order valence-corrected chi connectivity index (χ1v) is 9.69. The van der Waals surface area contributed by atoms with Crippen LogP contribution in [0, 0.1) is 5.92 Å². The normalized spacial score (nSPS) is 16.0. The van der Waals surface area contributed by atoms with Gasteiger partial charge in [0, 0.05) is 20.1 Å². The SMILES string of the molecule is CN(CCN1CCC(Cc2ccccc2)CC1)c1ccc(N)c2nonc12. The lowest BCUT2D eigenvalue weighted by Gasteiger charge is -2.33. The Bertz CT molecular complexity index is 871. The molecule has 6 heteroatoms. The molecule has 142 valence electrons. The molecule has 0 spiro atoms. The maximum absolute atomic E-state index is 5.94. The number of aromatic nitrogens is 2. The smallest absolute Gasteiger partial charge is 0.160 e. The molecule has 2 N–H and O–H groups in total. The number of benzene rings is 2. The zero-order valence-corrected chi connectivity index (χ0v) is 15.8. The van der Waals surface area contributed by atoms with Crippen LogP contribution in [0.15, 0.2) is 47.1 Å². The van der Waals surface area contributed by atoms with E-state index in [1.54, 1.807) is 0 Å². The van der Waals surface area contributed by atoms with Crippen molar-refractivity contribution in [1.82, 2.24) is 15.2 Å². The van der Waals surface area contributed by atoms with Gasteiger partial charge in [-0.05, 0) is 66.3 Å². The summed E-state index contributed by atoms with van der Waals surface area (Å²) in [6, 6.07) is 14.7. The third-order valence-electron chi connectivity index (χ3n) is 5.66. The van der Waals surface area contributed by atoms with Gasteiger partial charge in [-0.15, -0.1) is 0 Å². The minimum Gasteiger partial charge on any atom is -0.397 e. The Hall–Kier alpha value is -2.60. The number of anilines is 2. The first-order chi connectivity index (χ1) is 13.2. The number of hydrogen-bond acceptors (Lipinski definition) is 6. The van der Waals surface area contributed by atoms with E-state index in [0.717, 1.165) is 30.2 Å². The fraction of sp³-hybridized carbons (Fsp3) is 0.429. The fourth-order valence-electron chi connectivity index (χ4n) is 3.95. The Morgan fingerprint density at radius 1 is 1.07 bits per heavy atom. The first kappa shape index (κ1) is 17.8. The second kappa shape index (κ2) is 7.96. The summed E-state index contributed by atoms with van der Waals surface area (Å²) in [4.78, 5) is 4.77. The largest absolute Gasteiger partial charge is 0.397 e. The molecule has 0 bridgehead atoms. The van der Waals surface area contributed by atoms with E-state index in [9.17, 15) is 0 Å². The van der Waals surface area contributed by atoms with Gasteiger partial charge in [0.25, 0.3) is 0 Å². The van der Waals surface area contributed by atoms with Gasteiger partial charge in [0.1, 0.15) is 0 Å². The summed E-state index contributed by atoms with van der Waals surface area (Å²) in [6.07, 6.45) is 3.76. The Kier molecular flexibility index (Phi) is 5.25. The maximum Gasteiger partial charge on any atom is 0.160 e. The average Bonchev–Trinajstić information content (AvgIpc) is 3.19. The van der Waals surface area contributed by atoms with Crippen molar-refractivity contribution in [2.24, 2.45) is 5.92 Å². The van der Waals surface area contributed by atoms with E-state index in [0.29, 0.717) is 11.2 Å². The summed E-state index contributed by atoms with van der Waals surface area (Å²) in [7, 11) is 2.09. The molecular weight excluding hydrogens is 338 g/mol. The summed E-state index contributed by atoms with van der Waals surface area (Å²) < 4.78 is 4.87. The number of piperidine rings is 1. The number of fused-ring (bicyclic) bond motifs is 1. The van der Waals surface area contributed by atoms with Crippen molar-refractivity contribution in [3.63, 3.8) is 0 Å². The van der Waals surface area contributed by atoms with Gasteiger partial charge in [-0.3, -0.25) is 0 Å². The van der Waals surface area contributed by atoms with Gasteiger partial charge in [-0.1, -0.05) is 30.3 Å². The lowest BCUT2D eigenvalue weighted by atomic mass is 9.90. The number of likely N-dealkylation sites (tertiary alicyclic amines) is 1. The molecule has 0 aliphatic carbocycles. The van der Waals surface area contributed by atoms with Crippen LogP contribution in [-0.4, -0.2) is 48.4 Å². The molecule has 4 rings (SSSR count). The summed E-state index contributed by atoms with van der Waals surface area (Å²) in [5.74, 6) is 0.805. The van der Waals surface area contributed by atoms with Crippen LogP contribution >= 0.6 is 0 Å². The molecule has 0 saturated carbocycles. The van der Waals surface area contributed by atoms with Gasteiger partial charge in [0.15, 0.2) is 11.0 Å². The lowest BCUT2D eigenvalue weighted by molar-refractivity contribution is 0.188. The second-order valence-corrected chi connectivity index (χ2v) is 7.53. The molecule has 0 atom stereocenters. The molecular formula is C21H27N5O. The summed E-state index contributed by atoms with van der Waals surface area (Å²) in [5.41, 5.74) is 10.4. The highest BCUT2D eigenvalue weighted by molar-refractivity contribution is 5.95. The fourth-order valence-corrected chi connectivity index (χ4v) is 3.95. The molecule has 6 nitrogen and oxygen atoms in total. The van der Waals surface area contributed by atoms with E-state index in [1.807, 2.05) is 12.1 Å². The summed E-state index contributed by atoms with van der Waals surface area (Å²) in [5, 5.41) is 7.93. The van der Waals surface area contributed by atoms with Crippen LogP contribution in [0.5, 0.6) is 0 Å². The molecule has 1 aliphatic rings. The first-order valence-electron chi connectivity index (χ1n) is 9.69. The highest BCUT2D eigenvalue weighted by Gasteiger charge is 2.20. The minimum atomic E-state index is 0.601. The maximum atomic E-state index is 5.94. The third kappa shape index (κ3) is 4.06. The molecule has 1 saturated heterocycles.